The summed E-state index contributed by atoms with van der Waals surface area (Å²) in [4.78, 5) is 13.2. The maximum Gasteiger partial charge on any atom is 0.243 e. The summed E-state index contributed by atoms with van der Waals surface area (Å²) in [6.45, 7) is 1.40. The van der Waals surface area contributed by atoms with E-state index in [9.17, 15) is 13.2 Å². The van der Waals surface area contributed by atoms with Gasteiger partial charge in [0.25, 0.3) is 0 Å². The van der Waals surface area contributed by atoms with Gasteiger partial charge >= 0.3 is 0 Å². The summed E-state index contributed by atoms with van der Waals surface area (Å²) in [7, 11) is -3.57. The molecule has 1 N–H and O–H groups in total. The van der Waals surface area contributed by atoms with Crippen molar-refractivity contribution >= 4 is 26.7 Å². The zero-order valence-electron chi connectivity index (χ0n) is 18.7. The molecule has 1 saturated carbocycles. The van der Waals surface area contributed by atoms with Crippen LogP contribution in [0.4, 0.5) is 0 Å². The van der Waals surface area contributed by atoms with E-state index in [1.807, 2.05) is 36.4 Å². The number of benzene rings is 3. The van der Waals surface area contributed by atoms with E-state index < -0.39 is 10.0 Å². The number of carbonyl (C=O) groups is 1. The van der Waals surface area contributed by atoms with Gasteiger partial charge in [-0.1, -0.05) is 67.1 Å². The number of hydrogen-bond acceptors (Lipinski definition) is 3. The van der Waals surface area contributed by atoms with Gasteiger partial charge in [-0.25, -0.2) is 8.42 Å². The first-order chi connectivity index (χ1) is 16.0. The van der Waals surface area contributed by atoms with Gasteiger partial charge in [0.05, 0.1) is 4.90 Å². The Morgan fingerprint density at radius 3 is 2.24 bits per heavy atom. The summed E-state index contributed by atoms with van der Waals surface area (Å²) in [5.74, 6) is -0.0825. The highest BCUT2D eigenvalue weighted by Crippen LogP contribution is 2.43. The molecular weight excluding hydrogens is 432 g/mol. The van der Waals surface area contributed by atoms with Gasteiger partial charge in [-0.05, 0) is 54.2 Å². The highest BCUT2D eigenvalue weighted by molar-refractivity contribution is 7.89. The first-order valence-corrected chi connectivity index (χ1v) is 13.2. The van der Waals surface area contributed by atoms with Gasteiger partial charge in [0, 0.05) is 31.0 Å². The molecule has 3 aromatic rings. The number of rotatable bonds is 6. The Balaban J connectivity index is 1.20. The van der Waals surface area contributed by atoms with E-state index in [1.165, 1.54) is 16.3 Å². The van der Waals surface area contributed by atoms with Crippen molar-refractivity contribution in [3.05, 3.63) is 78.4 Å². The number of sulfonamides is 1. The van der Waals surface area contributed by atoms with Crippen LogP contribution in [0.2, 0.25) is 0 Å². The predicted octanol–water partition coefficient (Wildman–Crippen LogP) is 4.48. The second kappa shape index (κ2) is 8.92. The van der Waals surface area contributed by atoms with Crippen LogP contribution in [0.3, 0.4) is 0 Å². The van der Waals surface area contributed by atoms with Crippen LogP contribution in [0.15, 0.2) is 77.7 Å². The van der Waals surface area contributed by atoms with Gasteiger partial charge in [-0.2, -0.15) is 4.31 Å². The standard InChI is InChI=1S/C27H30N2O3S/c30-26(28-20-27(15-6-16-27)24-9-2-1-3-10-24)22-13-17-29(18-14-22)33(31,32)25-12-11-21-7-4-5-8-23(21)19-25/h1-5,7-12,19,22H,6,13-18,20H2,(H,28,30). The zero-order valence-corrected chi connectivity index (χ0v) is 19.6. The molecule has 0 unspecified atom stereocenters. The molecule has 1 saturated heterocycles. The molecule has 5 rings (SSSR count). The molecule has 1 amide bonds. The minimum Gasteiger partial charge on any atom is -0.355 e. The van der Waals surface area contributed by atoms with Crippen molar-refractivity contribution in [3.63, 3.8) is 0 Å². The molecule has 0 bridgehead atoms. The predicted molar refractivity (Wildman–Crippen MR) is 130 cm³/mol. The monoisotopic (exact) mass is 462 g/mol. The highest BCUT2D eigenvalue weighted by Gasteiger charge is 2.39. The minimum atomic E-state index is -3.57. The Labute approximate surface area is 195 Å². The summed E-state index contributed by atoms with van der Waals surface area (Å²) in [6.07, 6.45) is 4.49. The molecular formula is C27H30N2O3S. The maximum atomic E-state index is 13.2. The van der Waals surface area contributed by atoms with Gasteiger partial charge in [0.15, 0.2) is 0 Å². The fraction of sp³-hybridized carbons (Fsp3) is 0.370. The van der Waals surface area contributed by atoms with Crippen molar-refractivity contribution in [1.29, 1.82) is 0 Å². The number of fused-ring (bicyclic) bond motifs is 1. The molecule has 1 aliphatic carbocycles. The van der Waals surface area contributed by atoms with Crippen molar-refractivity contribution in [2.45, 2.75) is 42.4 Å². The van der Waals surface area contributed by atoms with Crippen molar-refractivity contribution in [2.24, 2.45) is 5.92 Å². The van der Waals surface area contributed by atoms with Crippen LogP contribution in [-0.4, -0.2) is 38.3 Å². The van der Waals surface area contributed by atoms with Crippen LogP contribution in [0.5, 0.6) is 0 Å². The SMILES string of the molecule is O=C(NCC1(c2ccccc2)CCC1)C1CCN(S(=O)(=O)c2ccc3ccccc3c2)CC1. The fourth-order valence-corrected chi connectivity index (χ4v) is 6.70. The van der Waals surface area contributed by atoms with E-state index in [-0.39, 0.29) is 17.2 Å². The van der Waals surface area contributed by atoms with Crippen molar-refractivity contribution in [3.8, 4) is 0 Å². The molecule has 3 aromatic carbocycles. The van der Waals surface area contributed by atoms with Crippen LogP contribution in [0.25, 0.3) is 10.8 Å². The number of nitrogens with one attached hydrogen (secondary N) is 1. The largest absolute Gasteiger partial charge is 0.355 e. The Hall–Kier alpha value is -2.70. The molecule has 6 heteroatoms. The summed E-state index contributed by atoms with van der Waals surface area (Å²) in [5, 5.41) is 5.13. The van der Waals surface area contributed by atoms with Gasteiger partial charge in [0.2, 0.25) is 15.9 Å². The third-order valence-corrected chi connectivity index (χ3v) is 9.38. The Morgan fingerprint density at radius 1 is 0.909 bits per heavy atom. The number of piperidine rings is 1. The lowest BCUT2D eigenvalue weighted by Gasteiger charge is -2.43. The molecule has 1 heterocycles. The average Bonchev–Trinajstić information content (AvgIpc) is 2.83. The molecule has 33 heavy (non-hydrogen) atoms. The van der Waals surface area contributed by atoms with Gasteiger partial charge in [-0.15, -0.1) is 0 Å². The first-order valence-electron chi connectivity index (χ1n) is 11.8. The molecule has 2 fully saturated rings. The van der Waals surface area contributed by atoms with Crippen LogP contribution in [0, 0.1) is 5.92 Å². The van der Waals surface area contributed by atoms with Crippen LogP contribution in [-0.2, 0) is 20.2 Å². The topological polar surface area (TPSA) is 66.5 Å². The summed E-state index contributed by atoms with van der Waals surface area (Å²) in [5.41, 5.74) is 1.35. The van der Waals surface area contributed by atoms with Crippen molar-refractivity contribution in [1.82, 2.24) is 9.62 Å². The highest BCUT2D eigenvalue weighted by atomic mass is 32.2. The van der Waals surface area contributed by atoms with E-state index in [2.05, 4.69) is 29.6 Å². The van der Waals surface area contributed by atoms with Gasteiger partial charge in [0.1, 0.15) is 0 Å². The Kier molecular flexibility index (Phi) is 5.97. The quantitative estimate of drug-likeness (QED) is 0.587. The van der Waals surface area contributed by atoms with Gasteiger partial charge in [-0.3, -0.25) is 4.79 Å². The van der Waals surface area contributed by atoms with Crippen molar-refractivity contribution in [2.75, 3.05) is 19.6 Å². The Bertz CT molecular complexity index is 1240. The smallest absolute Gasteiger partial charge is 0.243 e. The van der Waals surface area contributed by atoms with Gasteiger partial charge < -0.3 is 5.32 Å². The molecule has 0 aromatic heterocycles. The lowest BCUT2D eigenvalue weighted by Crippen LogP contribution is -2.48. The third kappa shape index (κ3) is 4.30. The number of nitrogens with zero attached hydrogens (tertiary/aromatic N) is 1. The molecule has 5 nitrogen and oxygen atoms in total. The fourth-order valence-electron chi connectivity index (χ4n) is 5.20. The number of carbonyl (C=O) groups excluding carboxylic acids is 1. The first kappa shape index (κ1) is 22.1. The van der Waals surface area contributed by atoms with Crippen LogP contribution in [0.1, 0.15) is 37.7 Å². The third-order valence-electron chi connectivity index (χ3n) is 7.48. The maximum absolute atomic E-state index is 13.2. The minimum absolute atomic E-state index is 0.0526. The molecule has 0 spiro atoms. The van der Waals surface area contributed by atoms with E-state index in [0.717, 1.165) is 23.6 Å². The molecule has 0 atom stereocenters. The molecule has 0 radical (unpaired) electrons. The normalized spacial score (nSPS) is 19.2. The molecule has 2 aliphatic rings. The summed E-state index contributed by atoms with van der Waals surface area (Å²) < 4.78 is 27.9. The zero-order chi connectivity index (χ0) is 22.9. The molecule has 172 valence electrons. The van der Waals surface area contributed by atoms with E-state index in [4.69, 9.17) is 0 Å². The second-order valence-corrected chi connectivity index (χ2v) is 11.3. The van der Waals surface area contributed by atoms with Crippen LogP contribution >= 0.6 is 0 Å². The molecule has 1 aliphatic heterocycles. The lowest BCUT2D eigenvalue weighted by molar-refractivity contribution is -0.126. The summed E-state index contributed by atoms with van der Waals surface area (Å²) in [6, 6.07) is 23.5. The van der Waals surface area contributed by atoms with Crippen LogP contribution < -0.4 is 5.32 Å². The second-order valence-electron chi connectivity index (χ2n) is 9.41. The Morgan fingerprint density at radius 2 is 1.58 bits per heavy atom. The summed E-state index contributed by atoms with van der Waals surface area (Å²) >= 11 is 0. The lowest BCUT2D eigenvalue weighted by atomic mass is 9.64. The number of hydrogen-bond donors (Lipinski definition) is 1. The number of amides is 1. The van der Waals surface area contributed by atoms with Crippen molar-refractivity contribution < 1.29 is 13.2 Å². The average molecular weight is 463 g/mol. The van der Waals surface area contributed by atoms with E-state index >= 15 is 0 Å². The van der Waals surface area contributed by atoms with E-state index in [1.54, 1.807) is 12.1 Å². The van der Waals surface area contributed by atoms with E-state index in [0.29, 0.717) is 37.4 Å².